The molecule has 1 saturated heterocycles. The minimum atomic E-state index is -3.22. The topological polar surface area (TPSA) is 90.6 Å². The average molecular weight is 266 g/mol. The molecular formula is C10H22N2O4S. The molecule has 17 heavy (non-hydrogen) atoms. The van der Waals surface area contributed by atoms with Crippen molar-refractivity contribution in [2.45, 2.75) is 30.6 Å². The third-order valence-electron chi connectivity index (χ3n) is 2.81. The molecule has 0 saturated carbocycles. The lowest BCUT2D eigenvalue weighted by Crippen LogP contribution is -2.40. The van der Waals surface area contributed by atoms with Crippen LogP contribution >= 0.6 is 0 Å². The lowest BCUT2D eigenvalue weighted by atomic mass is 10.2. The van der Waals surface area contributed by atoms with E-state index in [-0.39, 0.29) is 11.3 Å². The van der Waals surface area contributed by atoms with Crippen molar-refractivity contribution in [1.82, 2.24) is 4.72 Å². The van der Waals surface area contributed by atoms with Gasteiger partial charge in [0.2, 0.25) is 10.0 Å². The quantitative estimate of drug-likeness (QED) is 0.645. The van der Waals surface area contributed by atoms with Crippen LogP contribution in [0.2, 0.25) is 0 Å². The summed E-state index contributed by atoms with van der Waals surface area (Å²) in [4.78, 5) is 0. The molecule has 1 heterocycles. The van der Waals surface area contributed by atoms with Gasteiger partial charge in [-0.3, -0.25) is 0 Å². The van der Waals surface area contributed by atoms with Gasteiger partial charge in [-0.2, -0.15) is 0 Å². The summed E-state index contributed by atoms with van der Waals surface area (Å²) in [6, 6.07) is -0.127. The number of nitrogens with one attached hydrogen (secondary N) is 1. The molecule has 0 amide bonds. The molecule has 7 heteroatoms. The van der Waals surface area contributed by atoms with Gasteiger partial charge in [-0.1, -0.05) is 0 Å². The smallest absolute Gasteiger partial charge is 0.214 e. The van der Waals surface area contributed by atoms with Gasteiger partial charge in [0.15, 0.2) is 0 Å². The largest absolute Gasteiger partial charge is 0.383 e. The Morgan fingerprint density at radius 3 is 2.71 bits per heavy atom. The first-order chi connectivity index (χ1) is 8.06. The molecule has 1 rings (SSSR count). The molecule has 0 bridgehead atoms. The molecule has 0 spiro atoms. The van der Waals surface area contributed by atoms with E-state index in [1.807, 2.05) is 0 Å². The molecule has 1 fully saturated rings. The summed E-state index contributed by atoms with van der Waals surface area (Å²) in [6.07, 6.45) is 1.72. The van der Waals surface area contributed by atoms with E-state index in [0.717, 1.165) is 0 Å². The fourth-order valence-corrected chi connectivity index (χ4v) is 3.24. The highest BCUT2D eigenvalue weighted by Crippen LogP contribution is 2.14. The first-order valence-electron chi connectivity index (χ1n) is 5.87. The SMILES string of the molecule is COCC(N)CCNS(=O)(=O)C1CCOCC1. The Labute approximate surface area is 103 Å². The van der Waals surface area contributed by atoms with Crippen LogP contribution in [0.5, 0.6) is 0 Å². The van der Waals surface area contributed by atoms with Gasteiger partial charge < -0.3 is 15.2 Å². The van der Waals surface area contributed by atoms with Crippen molar-refractivity contribution >= 4 is 10.0 Å². The van der Waals surface area contributed by atoms with Crippen LogP contribution in [-0.4, -0.2) is 53.2 Å². The summed E-state index contributed by atoms with van der Waals surface area (Å²) in [6.45, 7) is 1.85. The highest BCUT2D eigenvalue weighted by Gasteiger charge is 2.27. The van der Waals surface area contributed by atoms with Gasteiger partial charge in [0.1, 0.15) is 0 Å². The predicted octanol–water partition coefficient (Wildman–Crippen LogP) is -0.551. The summed E-state index contributed by atoms with van der Waals surface area (Å²) in [5, 5.41) is -0.324. The van der Waals surface area contributed by atoms with E-state index >= 15 is 0 Å². The van der Waals surface area contributed by atoms with Crippen molar-refractivity contribution < 1.29 is 17.9 Å². The van der Waals surface area contributed by atoms with Gasteiger partial charge in [0.05, 0.1) is 11.9 Å². The molecule has 0 aliphatic carbocycles. The molecule has 1 aliphatic heterocycles. The average Bonchev–Trinajstić information content (AvgIpc) is 2.30. The Hall–Kier alpha value is -0.210. The fourth-order valence-electron chi connectivity index (χ4n) is 1.79. The van der Waals surface area contributed by atoms with Crippen LogP contribution < -0.4 is 10.5 Å². The van der Waals surface area contributed by atoms with Crippen molar-refractivity contribution in [3.63, 3.8) is 0 Å². The van der Waals surface area contributed by atoms with Gasteiger partial charge >= 0.3 is 0 Å². The monoisotopic (exact) mass is 266 g/mol. The Balaban J connectivity index is 2.29. The Morgan fingerprint density at radius 1 is 1.47 bits per heavy atom. The summed E-state index contributed by atoms with van der Waals surface area (Å²) < 4.78 is 36.4. The molecule has 1 unspecified atom stereocenters. The Morgan fingerprint density at radius 2 is 2.12 bits per heavy atom. The van der Waals surface area contributed by atoms with Crippen LogP contribution in [0.15, 0.2) is 0 Å². The molecule has 0 aromatic heterocycles. The second-order valence-electron chi connectivity index (χ2n) is 4.26. The van der Waals surface area contributed by atoms with E-state index < -0.39 is 10.0 Å². The minimum Gasteiger partial charge on any atom is -0.383 e. The molecule has 1 atom stereocenters. The maximum Gasteiger partial charge on any atom is 0.214 e. The summed E-state index contributed by atoms with van der Waals surface area (Å²) in [5.41, 5.74) is 5.71. The van der Waals surface area contributed by atoms with Crippen molar-refractivity contribution in [1.29, 1.82) is 0 Å². The van der Waals surface area contributed by atoms with E-state index in [4.69, 9.17) is 15.2 Å². The number of sulfonamides is 1. The summed E-state index contributed by atoms with van der Waals surface area (Å²) >= 11 is 0. The van der Waals surface area contributed by atoms with E-state index in [1.165, 1.54) is 0 Å². The summed E-state index contributed by atoms with van der Waals surface area (Å²) in [5.74, 6) is 0. The third-order valence-corrected chi connectivity index (χ3v) is 4.76. The zero-order chi connectivity index (χ0) is 12.7. The molecule has 0 radical (unpaired) electrons. The van der Waals surface area contributed by atoms with E-state index in [0.29, 0.717) is 45.6 Å². The van der Waals surface area contributed by atoms with Crippen LogP contribution in [0.25, 0.3) is 0 Å². The van der Waals surface area contributed by atoms with Crippen LogP contribution in [0.3, 0.4) is 0 Å². The molecule has 0 aromatic carbocycles. The van der Waals surface area contributed by atoms with Gasteiger partial charge in [-0.05, 0) is 19.3 Å². The maximum atomic E-state index is 11.9. The molecule has 102 valence electrons. The van der Waals surface area contributed by atoms with Gasteiger partial charge in [-0.25, -0.2) is 13.1 Å². The number of rotatable bonds is 7. The Bertz CT molecular complexity index is 301. The number of hydrogen-bond acceptors (Lipinski definition) is 5. The number of ether oxygens (including phenoxy) is 2. The third kappa shape index (κ3) is 5.31. The molecular weight excluding hydrogens is 244 g/mol. The van der Waals surface area contributed by atoms with E-state index in [2.05, 4.69) is 4.72 Å². The van der Waals surface area contributed by atoms with E-state index in [1.54, 1.807) is 7.11 Å². The van der Waals surface area contributed by atoms with Crippen LogP contribution in [0.1, 0.15) is 19.3 Å². The van der Waals surface area contributed by atoms with Gasteiger partial charge in [0.25, 0.3) is 0 Å². The molecule has 6 nitrogen and oxygen atoms in total. The lowest BCUT2D eigenvalue weighted by Gasteiger charge is -2.22. The van der Waals surface area contributed by atoms with Gasteiger partial charge in [-0.15, -0.1) is 0 Å². The minimum absolute atomic E-state index is 0.127. The highest BCUT2D eigenvalue weighted by molar-refractivity contribution is 7.90. The first-order valence-corrected chi connectivity index (χ1v) is 7.41. The van der Waals surface area contributed by atoms with Crippen LogP contribution in [0.4, 0.5) is 0 Å². The van der Waals surface area contributed by atoms with Crippen molar-refractivity contribution in [2.24, 2.45) is 5.73 Å². The van der Waals surface area contributed by atoms with Crippen LogP contribution in [0, 0.1) is 0 Å². The van der Waals surface area contributed by atoms with Crippen LogP contribution in [-0.2, 0) is 19.5 Å². The highest BCUT2D eigenvalue weighted by atomic mass is 32.2. The van der Waals surface area contributed by atoms with Crippen molar-refractivity contribution in [3.05, 3.63) is 0 Å². The predicted molar refractivity (Wildman–Crippen MR) is 65.2 cm³/mol. The van der Waals surface area contributed by atoms with E-state index in [9.17, 15) is 8.42 Å². The molecule has 3 N–H and O–H groups in total. The molecule has 1 aliphatic rings. The van der Waals surface area contributed by atoms with Crippen molar-refractivity contribution in [2.75, 3.05) is 33.5 Å². The normalized spacial score (nSPS) is 20.4. The zero-order valence-electron chi connectivity index (χ0n) is 10.2. The molecule has 0 aromatic rings. The fraction of sp³-hybridized carbons (Fsp3) is 1.00. The van der Waals surface area contributed by atoms with Crippen molar-refractivity contribution in [3.8, 4) is 0 Å². The second-order valence-corrected chi connectivity index (χ2v) is 6.30. The standard InChI is InChI=1S/C10H22N2O4S/c1-15-8-9(11)2-5-12-17(13,14)10-3-6-16-7-4-10/h9-10,12H,2-8,11H2,1H3. The first kappa shape index (κ1) is 14.8. The zero-order valence-corrected chi connectivity index (χ0v) is 11.0. The number of methoxy groups -OCH3 is 1. The lowest BCUT2D eigenvalue weighted by molar-refractivity contribution is 0.0981. The number of hydrogen-bond donors (Lipinski definition) is 2. The number of nitrogens with two attached hydrogens (primary N) is 1. The summed E-state index contributed by atoms with van der Waals surface area (Å²) in [7, 11) is -1.64. The maximum absolute atomic E-state index is 11.9. The van der Waals surface area contributed by atoms with Gasteiger partial charge in [0, 0.05) is 32.9 Å². The Kier molecular flexibility index (Phi) is 6.35. The second kappa shape index (κ2) is 7.27.